The molecule has 0 aliphatic heterocycles. The predicted molar refractivity (Wildman–Crippen MR) is 129 cm³/mol. The summed E-state index contributed by atoms with van der Waals surface area (Å²) < 4.78 is 11.0. The third-order valence-electron chi connectivity index (χ3n) is 5.50. The first-order valence-corrected chi connectivity index (χ1v) is 11.1. The van der Waals surface area contributed by atoms with Gasteiger partial charge in [0, 0.05) is 12.0 Å². The van der Waals surface area contributed by atoms with Crippen molar-refractivity contribution in [1.29, 1.82) is 0 Å². The highest BCUT2D eigenvalue weighted by atomic mass is 16.5. The molecule has 1 aromatic heterocycles. The first kappa shape index (κ1) is 23.7. The lowest BCUT2D eigenvalue weighted by Crippen LogP contribution is -2.29. The average Bonchev–Trinajstić information content (AvgIpc) is 3.35. The van der Waals surface area contributed by atoms with E-state index in [9.17, 15) is 9.59 Å². The molecule has 1 amide bonds. The number of hydrogen-bond acceptors (Lipinski definition) is 6. The van der Waals surface area contributed by atoms with Gasteiger partial charge in [-0.25, -0.2) is 0 Å². The number of carboxylic acid groups (broad SMARTS) is 1. The molecule has 35 heavy (non-hydrogen) atoms. The van der Waals surface area contributed by atoms with Crippen LogP contribution < -0.4 is 10.1 Å². The van der Waals surface area contributed by atoms with Gasteiger partial charge in [0.15, 0.2) is 0 Å². The SMILES string of the molecule is COc1ccc(Cc2nnc([C@@H](CCC(=O)O)NC(=O)c3ccc(-c4ccccc4)cc3)o2)cc1. The largest absolute Gasteiger partial charge is 0.497 e. The highest BCUT2D eigenvalue weighted by Gasteiger charge is 2.23. The van der Waals surface area contributed by atoms with E-state index in [4.69, 9.17) is 14.3 Å². The van der Waals surface area contributed by atoms with E-state index in [1.54, 1.807) is 19.2 Å². The highest BCUT2D eigenvalue weighted by Crippen LogP contribution is 2.22. The van der Waals surface area contributed by atoms with Crippen molar-refractivity contribution in [3.8, 4) is 16.9 Å². The van der Waals surface area contributed by atoms with Gasteiger partial charge in [-0.05, 0) is 47.4 Å². The van der Waals surface area contributed by atoms with E-state index in [1.165, 1.54) is 0 Å². The zero-order chi connectivity index (χ0) is 24.6. The summed E-state index contributed by atoms with van der Waals surface area (Å²) in [7, 11) is 1.60. The minimum Gasteiger partial charge on any atom is -0.497 e. The normalized spacial score (nSPS) is 11.6. The molecule has 0 spiro atoms. The van der Waals surface area contributed by atoms with Gasteiger partial charge >= 0.3 is 5.97 Å². The van der Waals surface area contributed by atoms with Crippen molar-refractivity contribution in [2.75, 3.05) is 7.11 Å². The summed E-state index contributed by atoms with van der Waals surface area (Å²) in [5, 5.41) is 20.2. The topological polar surface area (TPSA) is 115 Å². The van der Waals surface area contributed by atoms with Gasteiger partial charge in [-0.1, -0.05) is 54.6 Å². The van der Waals surface area contributed by atoms with Crippen molar-refractivity contribution in [2.45, 2.75) is 25.3 Å². The number of methoxy groups -OCH3 is 1. The fourth-order valence-electron chi connectivity index (χ4n) is 3.61. The van der Waals surface area contributed by atoms with Gasteiger partial charge in [0.25, 0.3) is 5.91 Å². The maximum Gasteiger partial charge on any atom is 0.303 e. The number of benzene rings is 3. The fraction of sp³-hybridized carbons (Fsp3) is 0.185. The maximum absolute atomic E-state index is 12.9. The lowest BCUT2D eigenvalue weighted by Gasteiger charge is -2.14. The molecule has 1 heterocycles. The molecule has 3 aromatic carbocycles. The van der Waals surface area contributed by atoms with Crippen LogP contribution in [0.1, 0.15) is 46.6 Å². The van der Waals surface area contributed by atoms with E-state index in [2.05, 4.69) is 15.5 Å². The molecule has 8 nitrogen and oxygen atoms in total. The smallest absolute Gasteiger partial charge is 0.303 e. The van der Waals surface area contributed by atoms with Gasteiger partial charge in [0.2, 0.25) is 11.8 Å². The van der Waals surface area contributed by atoms with E-state index in [0.717, 1.165) is 22.4 Å². The van der Waals surface area contributed by atoms with E-state index < -0.39 is 12.0 Å². The molecule has 0 aliphatic rings. The van der Waals surface area contributed by atoms with Gasteiger partial charge in [0.05, 0.1) is 13.5 Å². The number of aromatic nitrogens is 2. The number of carboxylic acids is 1. The molecule has 0 aliphatic carbocycles. The quantitative estimate of drug-likeness (QED) is 0.345. The number of rotatable bonds is 10. The summed E-state index contributed by atoms with van der Waals surface area (Å²) in [5.74, 6) is -0.0477. The lowest BCUT2D eigenvalue weighted by molar-refractivity contribution is -0.137. The Bertz CT molecular complexity index is 1270. The van der Waals surface area contributed by atoms with Crippen molar-refractivity contribution >= 4 is 11.9 Å². The number of carbonyl (C=O) groups excluding carboxylic acids is 1. The molecule has 178 valence electrons. The summed E-state index contributed by atoms with van der Waals surface area (Å²) >= 11 is 0. The molecule has 8 heteroatoms. The van der Waals surface area contributed by atoms with Crippen molar-refractivity contribution in [3.05, 3.63) is 102 Å². The van der Waals surface area contributed by atoms with Gasteiger partial charge in [-0.2, -0.15) is 0 Å². The summed E-state index contributed by atoms with van der Waals surface area (Å²) in [4.78, 5) is 24.1. The molecule has 0 bridgehead atoms. The van der Waals surface area contributed by atoms with Crippen molar-refractivity contribution in [1.82, 2.24) is 15.5 Å². The lowest BCUT2D eigenvalue weighted by atomic mass is 10.0. The summed E-state index contributed by atoms with van der Waals surface area (Å²) in [5.41, 5.74) is 3.44. The molecule has 1 atom stereocenters. The zero-order valence-corrected chi connectivity index (χ0v) is 19.2. The Morgan fingerprint density at radius 1 is 0.943 bits per heavy atom. The Kier molecular flexibility index (Phi) is 7.52. The first-order chi connectivity index (χ1) is 17.0. The third kappa shape index (κ3) is 6.32. The van der Waals surface area contributed by atoms with E-state index >= 15 is 0 Å². The van der Waals surface area contributed by atoms with Gasteiger partial charge in [-0.3, -0.25) is 9.59 Å². The minimum absolute atomic E-state index is 0.118. The fourth-order valence-corrected chi connectivity index (χ4v) is 3.61. The van der Waals surface area contributed by atoms with Crippen LogP contribution in [0.4, 0.5) is 0 Å². The van der Waals surface area contributed by atoms with Crippen LogP contribution in [0.25, 0.3) is 11.1 Å². The molecule has 0 fully saturated rings. The van der Waals surface area contributed by atoms with Crippen LogP contribution in [0.15, 0.2) is 83.3 Å². The molecule has 2 N–H and O–H groups in total. The average molecular weight is 472 g/mol. The Morgan fingerprint density at radius 3 is 2.29 bits per heavy atom. The molecule has 4 aromatic rings. The summed E-state index contributed by atoms with van der Waals surface area (Å²) in [6.07, 6.45) is 0.360. The molecule has 0 radical (unpaired) electrons. The number of aliphatic carboxylic acids is 1. The number of nitrogens with zero attached hydrogens (tertiary/aromatic N) is 2. The van der Waals surface area contributed by atoms with Crippen LogP contribution >= 0.6 is 0 Å². The predicted octanol–water partition coefficient (Wildman–Crippen LogP) is 4.67. The zero-order valence-electron chi connectivity index (χ0n) is 19.2. The molecule has 0 saturated heterocycles. The first-order valence-electron chi connectivity index (χ1n) is 11.1. The van der Waals surface area contributed by atoms with Crippen LogP contribution in [0.2, 0.25) is 0 Å². The summed E-state index contributed by atoms with van der Waals surface area (Å²) in [6, 6.07) is 23.8. The molecular formula is C27H25N3O5. The number of carbonyl (C=O) groups is 2. The Labute approximate surface area is 202 Å². The van der Waals surface area contributed by atoms with Gasteiger partial charge in [0.1, 0.15) is 11.8 Å². The van der Waals surface area contributed by atoms with Crippen LogP contribution in [-0.4, -0.2) is 34.3 Å². The number of ether oxygens (including phenoxy) is 1. The van der Waals surface area contributed by atoms with Crippen LogP contribution in [-0.2, 0) is 11.2 Å². The second kappa shape index (κ2) is 11.1. The number of amides is 1. The number of nitrogens with one attached hydrogen (secondary N) is 1. The van der Waals surface area contributed by atoms with Gasteiger partial charge in [-0.15, -0.1) is 10.2 Å². The van der Waals surface area contributed by atoms with E-state index in [0.29, 0.717) is 17.9 Å². The maximum atomic E-state index is 12.9. The highest BCUT2D eigenvalue weighted by molar-refractivity contribution is 5.94. The molecule has 0 unspecified atom stereocenters. The third-order valence-corrected chi connectivity index (χ3v) is 5.50. The molecular weight excluding hydrogens is 446 g/mol. The second-order valence-electron chi connectivity index (χ2n) is 7.96. The second-order valence-corrected chi connectivity index (χ2v) is 7.96. The van der Waals surface area contributed by atoms with Crippen LogP contribution in [0, 0.1) is 0 Å². The van der Waals surface area contributed by atoms with Crippen LogP contribution in [0.3, 0.4) is 0 Å². The van der Waals surface area contributed by atoms with Crippen molar-refractivity contribution in [2.24, 2.45) is 0 Å². The molecule has 0 saturated carbocycles. The monoisotopic (exact) mass is 471 g/mol. The Balaban J connectivity index is 1.47. The van der Waals surface area contributed by atoms with Crippen molar-refractivity contribution < 1.29 is 23.8 Å². The molecule has 4 rings (SSSR count). The minimum atomic E-state index is -0.977. The Morgan fingerprint density at radius 2 is 1.63 bits per heavy atom. The standard InChI is InChI=1S/C27H25N3O5/c1-34-22-13-7-18(8-14-22)17-24-29-30-27(35-24)23(15-16-25(31)32)28-26(33)21-11-9-20(10-12-21)19-5-3-2-4-6-19/h2-14,23H,15-17H2,1H3,(H,28,33)(H,31,32)/t23-/m1/s1. The van der Waals surface area contributed by atoms with Crippen molar-refractivity contribution in [3.63, 3.8) is 0 Å². The van der Waals surface area contributed by atoms with E-state index in [-0.39, 0.29) is 24.6 Å². The number of hydrogen-bond donors (Lipinski definition) is 2. The summed E-state index contributed by atoms with van der Waals surface area (Å²) in [6.45, 7) is 0. The van der Waals surface area contributed by atoms with Crippen LogP contribution in [0.5, 0.6) is 5.75 Å². The van der Waals surface area contributed by atoms with E-state index in [1.807, 2.05) is 66.7 Å². The van der Waals surface area contributed by atoms with Gasteiger partial charge < -0.3 is 19.6 Å². The Hall–Kier alpha value is -4.46.